The molecule has 2 rings (SSSR count). The van der Waals surface area contributed by atoms with E-state index in [1.807, 2.05) is 0 Å². The molecule has 18 heavy (non-hydrogen) atoms. The van der Waals surface area contributed by atoms with Crippen LogP contribution in [-0.2, 0) is 16.0 Å². The summed E-state index contributed by atoms with van der Waals surface area (Å²) < 4.78 is 0. The second-order valence-electron chi connectivity index (χ2n) is 4.14. The van der Waals surface area contributed by atoms with E-state index in [-0.39, 0.29) is 25.3 Å². The Hall–Kier alpha value is -1.67. The normalized spacial score (nSPS) is 23.3. The number of nitrogen functional groups attached to an aromatic ring is 1. The molecule has 0 spiro atoms. The predicted octanol–water partition coefficient (Wildman–Crippen LogP) is -0.686. The van der Waals surface area contributed by atoms with Gasteiger partial charge in [0, 0.05) is 18.3 Å². The van der Waals surface area contributed by atoms with E-state index in [0.29, 0.717) is 10.8 Å². The molecule has 7 nitrogen and oxygen atoms in total. The molecular formula is C10H13N3O4S. The molecule has 0 unspecified atom stereocenters. The molecule has 8 heteroatoms. The highest BCUT2D eigenvalue weighted by molar-refractivity contribution is 7.13. The molecule has 0 aromatic carbocycles. The van der Waals surface area contributed by atoms with Gasteiger partial charge in [0.25, 0.3) is 0 Å². The largest absolute Gasteiger partial charge is 0.480 e. The maximum absolute atomic E-state index is 12.0. The Morgan fingerprint density at radius 3 is 2.89 bits per heavy atom. The number of aliphatic hydroxyl groups excluding tert-OH is 1. The fourth-order valence-electron chi connectivity index (χ4n) is 1.98. The van der Waals surface area contributed by atoms with Crippen molar-refractivity contribution in [3.8, 4) is 0 Å². The zero-order valence-electron chi connectivity index (χ0n) is 9.44. The quantitative estimate of drug-likeness (QED) is 0.670. The van der Waals surface area contributed by atoms with Crippen LogP contribution < -0.4 is 5.73 Å². The van der Waals surface area contributed by atoms with Gasteiger partial charge in [-0.3, -0.25) is 4.79 Å². The van der Waals surface area contributed by atoms with Gasteiger partial charge in [0.15, 0.2) is 5.13 Å². The summed E-state index contributed by atoms with van der Waals surface area (Å²) in [6.45, 7) is 0.0510. The number of aromatic nitrogens is 1. The second kappa shape index (κ2) is 4.91. The first-order valence-corrected chi connectivity index (χ1v) is 6.25. The Morgan fingerprint density at radius 2 is 2.33 bits per heavy atom. The van der Waals surface area contributed by atoms with Gasteiger partial charge in [0.2, 0.25) is 5.91 Å². The highest BCUT2D eigenvalue weighted by Crippen LogP contribution is 2.20. The minimum Gasteiger partial charge on any atom is -0.480 e. The second-order valence-corrected chi connectivity index (χ2v) is 5.03. The number of carbonyl (C=O) groups excluding carboxylic acids is 1. The third-order valence-electron chi connectivity index (χ3n) is 2.79. The standard InChI is InChI=1S/C10H13N3O4S/c11-10-12-5(4-18-10)1-8(15)13-3-6(14)2-7(13)9(16)17/h4,6-7,14H,1-3H2,(H2,11,12)(H,16,17)/t6-,7-/m1/s1. The van der Waals surface area contributed by atoms with Crippen LogP contribution >= 0.6 is 11.3 Å². The molecule has 2 heterocycles. The van der Waals surface area contributed by atoms with Gasteiger partial charge in [-0.1, -0.05) is 0 Å². The fourth-order valence-corrected chi connectivity index (χ4v) is 2.55. The van der Waals surface area contributed by atoms with Crippen molar-refractivity contribution in [2.45, 2.75) is 25.0 Å². The van der Waals surface area contributed by atoms with Gasteiger partial charge in [-0.05, 0) is 0 Å². The Kier molecular flexibility index (Phi) is 3.48. The molecule has 0 aliphatic carbocycles. The minimum atomic E-state index is -1.10. The van der Waals surface area contributed by atoms with E-state index in [2.05, 4.69) is 4.98 Å². The molecule has 0 saturated carbocycles. The molecule has 98 valence electrons. The molecule has 1 aliphatic heterocycles. The number of carbonyl (C=O) groups is 2. The summed E-state index contributed by atoms with van der Waals surface area (Å²) in [7, 11) is 0. The maximum atomic E-state index is 12.0. The van der Waals surface area contributed by atoms with Crippen LogP contribution in [0.25, 0.3) is 0 Å². The van der Waals surface area contributed by atoms with E-state index in [1.54, 1.807) is 5.38 Å². The van der Waals surface area contributed by atoms with Crippen LogP contribution in [0.15, 0.2) is 5.38 Å². The summed E-state index contributed by atoms with van der Waals surface area (Å²) in [5.74, 6) is -1.46. The monoisotopic (exact) mass is 271 g/mol. The zero-order chi connectivity index (χ0) is 13.3. The smallest absolute Gasteiger partial charge is 0.326 e. The highest BCUT2D eigenvalue weighted by Gasteiger charge is 2.38. The molecule has 1 aromatic heterocycles. The predicted molar refractivity (Wildman–Crippen MR) is 64.0 cm³/mol. The number of aliphatic carboxylic acids is 1. The van der Waals surface area contributed by atoms with E-state index in [9.17, 15) is 14.7 Å². The van der Waals surface area contributed by atoms with E-state index >= 15 is 0 Å². The third-order valence-corrected chi connectivity index (χ3v) is 3.51. The van der Waals surface area contributed by atoms with Crippen molar-refractivity contribution in [2.75, 3.05) is 12.3 Å². The number of nitrogens with zero attached hydrogens (tertiary/aromatic N) is 2. The Morgan fingerprint density at radius 1 is 1.61 bits per heavy atom. The van der Waals surface area contributed by atoms with Crippen molar-refractivity contribution in [3.63, 3.8) is 0 Å². The Balaban J connectivity index is 2.06. The number of hydrogen-bond donors (Lipinski definition) is 3. The molecular weight excluding hydrogens is 258 g/mol. The molecule has 1 fully saturated rings. The Bertz CT molecular complexity index is 475. The number of amides is 1. The Labute approximate surface area is 107 Å². The molecule has 2 atom stereocenters. The summed E-state index contributed by atoms with van der Waals surface area (Å²) in [4.78, 5) is 28.1. The lowest BCUT2D eigenvalue weighted by molar-refractivity contribution is -0.148. The number of nitrogens with two attached hydrogens (primary N) is 1. The van der Waals surface area contributed by atoms with Crippen molar-refractivity contribution in [1.82, 2.24) is 9.88 Å². The van der Waals surface area contributed by atoms with Crippen molar-refractivity contribution in [3.05, 3.63) is 11.1 Å². The number of carboxylic acid groups (broad SMARTS) is 1. The van der Waals surface area contributed by atoms with Crippen LogP contribution in [0.4, 0.5) is 5.13 Å². The highest BCUT2D eigenvalue weighted by atomic mass is 32.1. The van der Waals surface area contributed by atoms with Crippen LogP contribution in [0.1, 0.15) is 12.1 Å². The van der Waals surface area contributed by atoms with E-state index in [1.165, 1.54) is 16.2 Å². The van der Waals surface area contributed by atoms with E-state index < -0.39 is 18.1 Å². The molecule has 4 N–H and O–H groups in total. The molecule has 1 aliphatic rings. The van der Waals surface area contributed by atoms with Crippen LogP contribution in [0.5, 0.6) is 0 Å². The lowest BCUT2D eigenvalue weighted by Crippen LogP contribution is -2.41. The molecule has 1 saturated heterocycles. The number of thiazole rings is 1. The first kappa shape index (κ1) is 12.8. The van der Waals surface area contributed by atoms with E-state index in [4.69, 9.17) is 10.8 Å². The molecule has 1 amide bonds. The summed E-state index contributed by atoms with van der Waals surface area (Å²) in [5.41, 5.74) is 5.98. The van der Waals surface area contributed by atoms with Crippen molar-refractivity contribution >= 4 is 28.3 Å². The number of aliphatic hydroxyl groups is 1. The van der Waals surface area contributed by atoms with Gasteiger partial charge in [-0.2, -0.15) is 0 Å². The first-order valence-electron chi connectivity index (χ1n) is 5.37. The fraction of sp³-hybridized carbons (Fsp3) is 0.500. The topological polar surface area (TPSA) is 117 Å². The van der Waals surface area contributed by atoms with Gasteiger partial charge in [-0.25, -0.2) is 9.78 Å². The minimum absolute atomic E-state index is 0.00417. The van der Waals surface area contributed by atoms with Crippen LogP contribution in [0.3, 0.4) is 0 Å². The van der Waals surface area contributed by atoms with E-state index in [0.717, 1.165) is 0 Å². The van der Waals surface area contributed by atoms with Gasteiger partial charge in [-0.15, -0.1) is 11.3 Å². The first-order chi connectivity index (χ1) is 8.47. The van der Waals surface area contributed by atoms with Gasteiger partial charge in [0.1, 0.15) is 6.04 Å². The summed E-state index contributed by atoms with van der Waals surface area (Å²) in [6, 6.07) is -0.955. The molecule has 0 bridgehead atoms. The molecule has 0 radical (unpaired) electrons. The van der Waals surface area contributed by atoms with Gasteiger partial charge < -0.3 is 20.8 Å². The number of anilines is 1. The van der Waals surface area contributed by atoms with Crippen molar-refractivity contribution < 1.29 is 19.8 Å². The number of hydrogen-bond acceptors (Lipinski definition) is 6. The maximum Gasteiger partial charge on any atom is 0.326 e. The zero-order valence-corrected chi connectivity index (χ0v) is 10.3. The summed E-state index contributed by atoms with van der Waals surface area (Å²) >= 11 is 1.23. The number of β-amino-alcohol motifs (C(OH)–C–C–N with tert-alkyl or cyclic N) is 1. The van der Waals surface area contributed by atoms with Crippen LogP contribution in [0, 0.1) is 0 Å². The van der Waals surface area contributed by atoms with Crippen molar-refractivity contribution in [2.24, 2.45) is 0 Å². The van der Waals surface area contributed by atoms with Gasteiger partial charge >= 0.3 is 5.97 Å². The van der Waals surface area contributed by atoms with Crippen LogP contribution in [-0.4, -0.2) is 50.7 Å². The average Bonchev–Trinajstić information content (AvgIpc) is 2.85. The number of carboxylic acids is 1. The lowest BCUT2D eigenvalue weighted by atomic mass is 10.2. The van der Waals surface area contributed by atoms with Crippen LogP contribution in [0.2, 0.25) is 0 Å². The lowest BCUT2D eigenvalue weighted by Gasteiger charge is -2.20. The summed E-state index contributed by atoms with van der Waals surface area (Å²) in [5, 5.41) is 20.5. The number of rotatable bonds is 3. The SMILES string of the molecule is Nc1nc(CC(=O)N2C[C@H](O)C[C@@H]2C(=O)O)cs1. The summed E-state index contributed by atoms with van der Waals surface area (Å²) in [6.07, 6.45) is -0.708. The molecule has 1 aromatic rings. The number of likely N-dealkylation sites (tertiary alicyclic amines) is 1. The van der Waals surface area contributed by atoms with Crippen molar-refractivity contribution in [1.29, 1.82) is 0 Å². The van der Waals surface area contributed by atoms with Gasteiger partial charge in [0.05, 0.1) is 18.2 Å². The third kappa shape index (κ3) is 2.59. The average molecular weight is 271 g/mol.